The second kappa shape index (κ2) is 15.0. The van der Waals surface area contributed by atoms with E-state index in [1.54, 1.807) is 41.8 Å². The summed E-state index contributed by atoms with van der Waals surface area (Å²) in [6.45, 7) is 7.93. The lowest BCUT2D eigenvalue weighted by Crippen LogP contribution is -2.34. The normalized spacial score (nSPS) is 15.3. The van der Waals surface area contributed by atoms with Crippen LogP contribution in [0.1, 0.15) is 32.8 Å². The maximum Gasteiger partial charge on any atom is 0.323 e. The van der Waals surface area contributed by atoms with E-state index in [4.69, 9.17) is 18.3 Å². The molecule has 1 aromatic rings. The van der Waals surface area contributed by atoms with Gasteiger partial charge in [-0.15, -0.1) is 0 Å². The molecule has 0 aromatic heterocycles. The highest BCUT2D eigenvalue weighted by atomic mass is 127. The van der Waals surface area contributed by atoms with E-state index >= 15 is 0 Å². The Kier molecular flexibility index (Phi) is 13.1. The van der Waals surface area contributed by atoms with Crippen LogP contribution in [0.15, 0.2) is 24.3 Å². The highest BCUT2D eigenvalue weighted by Gasteiger charge is 2.38. The standard InChI is InChI=1S/C13H19NO3.C8H12INO4/c1-3-16-11-7-5-10(6-8-11)9-12(14)13(15)17-4-2;1-2-13-8(12)3-7(11)10-4-6(10)5-14-9/h5-8,12H,3-4,9,14H2,1-2H3;6H,2-5H2,1H3/t12-;6-,10?/m00/s1. The fourth-order valence-corrected chi connectivity index (χ4v) is 3.03. The Balaban J connectivity index is 0.000000316. The van der Waals surface area contributed by atoms with Crippen molar-refractivity contribution in [2.75, 3.05) is 33.0 Å². The molecule has 2 rings (SSSR count). The summed E-state index contributed by atoms with van der Waals surface area (Å²) >= 11 is 1.79. The number of ether oxygens (including phenoxy) is 3. The second-order valence-electron chi connectivity index (χ2n) is 6.60. The summed E-state index contributed by atoms with van der Waals surface area (Å²) in [6.07, 6.45) is 0.316. The van der Waals surface area contributed by atoms with Crippen molar-refractivity contribution in [3.8, 4) is 5.75 Å². The number of hydrogen-bond acceptors (Lipinski definition) is 8. The van der Waals surface area contributed by atoms with E-state index in [1.165, 1.54) is 0 Å². The molecule has 1 aromatic carbocycles. The number of esters is 2. The van der Waals surface area contributed by atoms with Crippen LogP contribution >= 0.6 is 23.0 Å². The smallest absolute Gasteiger partial charge is 0.323 e. The first-order valence-corrected chi connectivity index (χ1v) is 11.1. The van der Waals surface area contributed by atoms with Gasteiger partial charge in [0, 0.05) is 6.54 Å². The molecule has 1 amide bonds. The number of carbonyl (C=O) groups is 3. The first-order valence-electron chi connectivity index (χ1n) is 10.2. The van der Waals surface area contributed by atoms with Crippen LogP contribution in [0, 0.1) is 0 Å². The maximum atomic E-state index is 11.3. The molecule has 1 fully saturated rings. The molecule has 0 aliphatic carbocycles. The topological polar surface area (TPSA) is 117 Å². The van der Waals surface area contributed by atoms with Gasteiger partial charge in [-0.05, 0) is 44.9 Å². The van der Waals surface area contributed by atoms with Crippen LogP contribution in [0.25, 0.3) is 0 Å². The Morgan fingerprint density at radius 2 is 1.74 bits per heavy atom. The third-order valence-corrected chi connectivity index (χ3v) is 4.53. The summed E-state index contributed by atoms with van der Waals surface area (Å²) in [4.78, 5) is 35.2. The largest absolute Gasteiger partial charge is 0.494 e. The number of amides is 1. The summed E-state index contributed by atoms with van der Waals surface area (Å²) in [5, 5.41) is 0. The predicted octanol–water partition coefficient (Wildman–Crippen LogP) is 2.04. The zero-order chi connectivity index (χ0) is 23.2. The van der Waals surface area contributed by atoms with Gasteiger partial charge in [0.2, 0.25) is 5.91 Å². The van der Waals surface area contributed by atoms with Crippen LogP contribution in [0.4, 0.5) is 0 Å². The molecule has 0 bridgehead atoms. The van der Waals surface area contributed by atoms with Crippen LogP contribution in [-0.2, 0) is 33.3 Å². The van der Waals surface area contributed by atoms with Crippen molar-refractivity contribution in [1.29, 1.82) is 0 Å². The maximum absolute atomic E-state index is 11.3. The van der Waals surface area contributed by atoms with Gasteiger partial charge in [0.25, 0.3) is 0 Å². The zero-order valence-corrected chi connectivity index (χ0v) is 20.3. The molecule has 0 spiro atoms. The van der Waals surface area contributed by atoms with Gasteiger partial charge in [0.15, 0.2) is 0 Å². The third-order valence-electron chi connectivity index (χ3n) is 4.17. The van der Waals surface area contributed by atoms with Gasteiger partial charge in [0.05, 0.1) is 32.5 Å². The van der Waals surface area contributed by atoms with Gasteiger partial charge >= 0.3 is 11.9 Å². The zero-order valence-electron chi connectivity index (χ0n) is 18.2. The summed E-state index contributed by atoms with van der Waals surface area (Å²) in [7, 11) is 0. The average molecular weight is 550 g/mol. The highest BCUT2D eigenvalue weighted by molar-refractivity contribution is 14.1. The fourth-order valence-electron chi connectivity index (χ4n) is 2.61. The number of carbonyl (C=O) groups excluding carboxylic acids is 3. The van der Waals surface area contributed by atoms with E-state index in [1.807, 2.05) is 31.2 Å². The van der Waals surface area contributed by atoms with Gasteiger partial charge in [-0.25, -0.2) is 0 Å². The van der Waals surface area contributed by atoms with Crippen molar-refractivity contribution in [3.63, 3.8) is 0 Å². The van der Waals surface area contributed by atoms with Gasteiger partial charge in [-0.1, -0.05) is 12.1 Å². The number of nitrogens with zero attached hydrogens (tertiary/aromatic N) is 1. The molecule has 1 saturated heterocycles. The van der Waals surface area contributed by atoms with Crippen molar-refractivity contribution >= 4 is 40.9 Å². The molecule has 174 valence electrons. The van der Waals surface area contributed by atoms with E-state index in [0.717, 1.165) is 11.3 Å². The molecule has 0 unspecified atom stereocenters. The molecule has 31 heavy (non-hydrogen) atoms. The lowest BCUT2D eigenvalue weighted by atomic mass is 10.1. The van der Waals surface area contributed by atoms with E-state index in [0.29, 0.717) is 39.4 Å². The molecule has 9 nitrogen and oxygen atoms in total. The van der Waals surface area contributed by atoms with E-state index in [9.17, 15) is 14.4 Å². The van der Waals surface area contributed by atoms with Gasteiger partial charge in [0.1, 0.15) is 41.2 Å². The van der Waals surface area contributed by atoms with Gasteiger partial charge < -0.3 is 27.9 Å². The Bertz CT molecular complexity index is 699. The molecule has 2 atom stereocenters. The molecular formula is C21H31IN2O7. The number of hydrogen-bond donors (Lipinski definition) is 1. The molecular weight excluding hydrogens is 519 g/mol. The van der Waals surface area contributed by atoms with E-state index in [2.05, 4.69) is 4.74 Å². The highest BCUT2D eigenvalue weighted by Crippen LogP contribution is 2.19. The molecule has 2 N–H and O–H groups in total. The minimum Gasteiger partial charge on any atom is -0.494 e. The molecule has 1 heterocycles. The average Bonchev–Trinajstić information content (AvgIpc) is 3.50. The molecule has 0 saturated carbocycles. The first-order chi connectivity index (χ1) is 14.9. The number of rotatable bonds is 11. The van der Waals surface area contributed by atoms with Gasteiger partial charge in [-0.3, -0.25) is 14.4 Å². The number of halogens is 1. The summed E-state index contributed by atoms with van der Waals surface area (Å²) < 4.78 is 19.7. The molecule has 10 heteroatoms. The number of nitrogens with two attached hydrogens (primary N) is 1. The lowest BCUT2D eigenvalue weighted by molar-refractivity contribution is -0.147. The fraction of sp³-hybridized carbons (Fsp3) is 0.571. The van der Waals surface area contributed by atoms with Crippen LogP contribution in [0.2, 0.25) is 0 Å². The Morgan fingerprint density at radius 3 is 2.29 bits per heavy atom. The third kappa shape index (κ3) is 10.8. The first kappa shape index (κ1) is 27.1. The summed E-state index contributed by atoms with van der Waals surface area (Å²) in [5.41, 5.74) is 6.72. The molecule has 1 aliphatic heterocycles. The SMILES string of the molecule is CCOC(=O)CC(=O)N1C[C@H]1COI.CCOC(=O)[C@@H](N)Cc1ccc(OCC)cc1. The minimum absolute atomic E-state index is 0.147. The van der Waals surface area contributed by atoms with Crippen LogP contribution in [-0.4, -0.2) is 67.8 Å². The van der Waals surface area contributed by atoms with Crippen molar-refractivity contribution in [2.45, 2.75) is 45.7 Å². The van der Waals surface area contributed by atoms with E-state index in [-0.39, 0.29) is 24.3 Å². The Morgan fingerprint density at radius 1 is 1.10 bits per heavy atom. The molecule has 0 radical (unpaired) electrons. The Labute approximate surface area is 197 Å². The second-order valence-corrected chi connectivity index (χ2v) is 7.22. The minimum atomic E-state index is -0.604. The monoisotopic (exact) mass is 550 g/mol. The van der Waals surface area contributed by atoms with Crippen molar-refractivity contribution in [1.82, 2.24) is 4.90 Å². The quantitative estimate of drug-likeness (QED) is 0.193. The van der Waals surface area contributed by atoms with Crippen LogP contribution in [0.3, 0.4) is 0 Å². The van der Waals surface area contributed by atoms with Crippen LogP contribution < -0.4 is 10.5 Å². The number of benzene rings is 1. The van der Waals surface area contributed by atoms with Crippen molar-refractivity contribution in [2.24, 2.45) is 5.73 Å². The predicted molar refractivity (Wildman–Crippen MR) is 123 cm³/mol. The van der Waals surface area contributed by atoms with Crippen LogP contribution in [0.5, 0.6) is 5.75 Å². The van der Waals surface area contributed by atoms with Gasteiger partial charge in [-0.2, -0.15) is 0 Å². The lowest BCUT2D eigenvalue weighted by Gasteiger charge is -2.11. The summed E-state index contributed by atoms with van der Waals surface area (Å²) in [6, 6.07) is 7.10. The van der Waals surface area contributed by atoms with E-state index < -0.39 is 12.0 Å². The summed E-state index contributed by atoms with van der Waals surface area (Å²) in [5.74, 6) is -0.178. The Hall–Kier alpha value is -1.92. The van der Waals surface area contributed by atoms with Crippen molar-refractivity contribution in [3.05, 3.63) is 29.8 Å². The van der Waals surface area contributed by atoms with Crippen molar-refractivity contribution < 1.29 is 31.7 Å². The molecule has 1 aliphatic rings.